The first-order valence-corrected chi connectivity index (χ1v) is 7.01. The van der Waals surface area contributed by atoms with Crippen molar-refractivity contribution in [2.24, 2.45) is 0 Å². The van der Waals surface area contributed by atoms with Gasteiger partial charge in [0.05, 0.1) is 5.56 Å². The lowest BCUT2D eigenvalue weighted by Crippen LogP contribution is -2.26. The summed E-state index contributed by atoms with van der Waals surface area (Å²) in [7, 11) is 0. The number of hydrogen-bond acceptors (Lipinski definition) is 4. The minimum Gasteiger partial charge on any atom is -0.494 e. The van der Waals surface area contributed by atoms with Crippen molar-refractivity contribution in [3.8, 4) is 11.9 Å². The van der Waals surface area contributed by atoms with Gasteiger partial charge in [0, 0.05) is 12.1 Å². The van der Waals surface area contributed by atoms with E-state index in [4.69, 9.17) is 0 Å². The van der Waals surface area contributed by atoms with Gasteiger partial charge in [0.2, 0.25) is 5.88 Å². The van der Waals surface area contributed by atoms with E-state index in [9.17, 15) is 20.0 Å². The summed E-state index contributed by atoms with van der Waals surface area (Å²) in [5, 5.41) is 19.6. The van der Waals surface area contributed by atoms with Crippen LogP contribution in [0.5, 0.6) is 5.88 Å². The predicted octanol–water partition coefficient (Wildman–Crippen LogP) is 2.46. The lowest BCUT2D eigenvalue weighted by Gasteiger charge is -2.15. The number of allylic oxidation sites excluding steroid dienone is 1. The van der Waals surface area contributed by atoms with Gasteiger partial charge in [-0.25, -0.2) is 0 Å². The maximum Gasteiger partial charge on any atom is 0.271 e. The molecule has 0 fully saturated rings. The van der Waals surface area contributed by atoms with E-state index < -0.39 is 17.2 Å². The maximum absolute atomic E-state index is 12.8. The van der Waals surface area contributed by atoms with Crippen molar-refractivity contribution < 1.29 is 9.90 Å². The van der Waals surface area contributed by atoms with Gasteiger partial charge in [-0.3, -0.25) is 14.2 Å². The number of pyridine rings is 1. The van der Waals surface area contributed by atoms with E-state index >= 15 is 0 Å². The summed E-state index contributed by atoms with van der Waals surface area (Å²) < 4.78 is 0.976. The van der Waals surface area contributed by atoms with Gasteiger partial charge in [-0.2, -0.15) is 5.26 Å². The molecule has 0 atom stereocenters. The highest BCUT2D eigenvalue weighted by molar-refractivity contribution is 6.12. The lowest BCUT2D eigenvalue weighted by atomic mass is 9.95. The van der Waals surface area contributed by atoms with E-state index in [1.165, 1.54) is 13.0 Å². The van der Waals surface area contributed by atoms with Crippen molar-refractivity contribution in [3.63, 3.8) is 0 Å². The molecule has 23 heavy (non-hydrogen) atoms. The third kappa shape index (κ3) is 2.67. The SMILES string of the molecule is C=CCn1c(O)c(C(=O)c2ccccc2C)c(C)c(C#N)c1=O. The zero-order valence-corrected chi connectivity index (χ0v) is 13.0. The molecule has 2 aromatic rings. The van der Waals surface area contributed by atoms with Crippen molar-refractivity contribution in [2.45, 2.75) is 20.4 Å². The summed E-state index contributed by atoms with van der Waals surface area (Å²) >= 11 is 0. The van der Waals surface area contributed by atoms with Crippen molar-refractivity contribution >= 4 is 5.78 Å². The number of hydrogen-bond donors (Lipinski definition) is 1. The molecule has 5 nitrogen and oxygen atoms in total. The lowest BCUT2D eigenvalue weighted by molar-refractivity contribution is 0.103. The second-order valence-electron chi connectivity index (χ2n) is 5.16. The number of aromatic nitrogens is 1. The van der Waals surface area contributed by atoms with Crippen LogP contribution in [0.4, 0.5) is 0 Å². The Morgan fingerprint density at radius 3 is 2.61 bits per heavy atom. The fourth-order valence-corrected chi connectivity index (χ4v) is 2.48. The summed E-state index contributed by atoms with van der Waals surface area (Å²) in [5.41, 5.74) is 0.529. The van der Waals surface area contributed by atoms with Crippen LogP contribution in [0, 0.1) is 25.2 Å². The van der Waals surface area contributed by atoms with E-state index in [2.05, 4.69) is 6.58 Å². The van der Waals surface area contributed by atoms with Crippen LogP contribution in [0.3, 0.4) is 0 Å². The van der Waals surface area contributed by atoms with E-state index in [-0.39, 0.29) is 23.2 Å². The molecule has 0 bridgehead atoms. The minimum atomic E-state index is -0.635. The van der Waals surface area contributed by atoms with Crippen LogP contribution in [-0.2, 0) is 6.54 Å². The zero-order chi connectivity index (χ0) is 17.1. The molecule has 2 rings (SSSR count). The average Bonchev–Trinajstić information content (AvgIpc) is 2.52. The summed E-state index contributed by atoms with van der Waals surface area (Å²) in [6.45, 7) is 6.80. The van der Waals surface area contributed by atoms with Gasteiger partial charge in [0.15, 0.2) is 5.78 Å². The third-order valence-electron chi connectivity index (χ3n) is 3.73. The highest BCUT2D eigenvalue weighted by Gasteiger charge is 2.25. The van der Waals surface area contributed by atoms with Gasteiger partial charge >= 0.3 is 0 Å². The van der Waals surface area contributed by atoms with Crippen LogP contribution in [0.2, 0.25) is 0 Å². The summed E-state index contributed by atoms with van der Waals surface area (Å²) in [4.78, 5) is 25.1. The molecule has 0 saturated carbocycles. The number of rotatable bonds is 4. The average molecular weight is 308 g/mol. The number of carbonyl (C=O) groups excluding carboxylic acids is 1. The quantitative estimate of drug-likeness (QED) is 0.694. The molecule has 1 aromatic carbocycles. The Bertz CT molecular complexity index is 902. The van der Waals surface area contributed by atoms with Crippen LogP contribution in [0.1, 0.15) is 32.6 Å². The summed E-state index contributed by atoms with van der Waals surface area (Å²) in [6.07, 6.45) is 1.42. The van der Waals surface area contributed by atoms with Crippen molar-refractivity contribution in [1.29, 1.82) is 5.26 Å². The number of ketones is 1. The zero-order valence-electron chi connectivity index (χ0n) is 13.0. The Hall–Kier alpha value is -3.13. The van der Waals surface area contributed by atoms with Gasteiger partial charge in [0.1, 0.15) is 11.6 Å². The van der Waals surface area contributed by atoms with E-state index in [0.29, 0.717) is 5.56 Å². The third-order valence-corrected chi connectivity index (χ3v) is 3.73. The van der Waals surface area contributed by atoms with E-state index in [1.807, 2.05) is 6.07 Å². The molecular weight excluding hydrogens is 292 g/mol. The molecule has 0 aliphatic carbocycles. The molecule has 1 aromatic heterocycles. The first-order chi connectivity index (χ1) is 10.9. The second-order valence-corrected chi connectivity index (χ2v) is 5.16. The fourth-order valence-electron chi connectivity index (χ4n) is 2.48. The van der Waals surface area contributed by atoms with Gasteiger partial charge < -0.3 is 5.11 Å². The molecule has 1 heterocycles. The number of aryl methyl sites for hydroxylation is 1. The Morgan fingerprint density at radius 2 is 2.04 bits per heavy atom. The van der Waals surface area contributed by atoms with Gasteiger partial charge in [-0.15, -0.1) is 6.58 Å². The molecule has 0 amide bonds. The van der Waals surface area contributed by atoms with Crippen molar-refractivity contribution in [1.82, 2.24) is 4.57 Å². The summed E-state index contributed by atoms with van der Waals surface area (Å²) in [6, 6.07) is 8.77. The molecule has 116 valence electrons. The van der Waals surface area contributed by atoms with Gasteiger partial charge in [-0.1, -0.05) is 30.3 Å². The smallest absolute Gasteiger partial charge is 0.271 e. The number of benzene rings is 1. The van der Waals surface area contributed by atoms with Crippen LogP contribution in [0.15, 0.2) is 41.7 Å². The number of nitrogens with zero attached hydrogens (tertiary/aromatic N) is 2. The molecule has 1 N–H and O–H groups in total. The van der Waals surface area contributed by atoms with Gasteiger partial charge in [0.25, 0.3) is 5.56 Å². The summed E-state index contributed by atoms with van der Waals surface area (Å²) in [5.74, 6) is -0.868. The van der Waals surface area contributed by atoms with E-state index in [0.717, 1.165) is 10.1 Å². The van der Waals surface area contributed by atoms with Crippen LogP contribution in [-0.4, -0.2) is 15.5 Å². The predicted molar refractivity (Wildman–Crippen MR) is 86.6 cm³/mol. The second kappa shape index (κ2) is 6.32. The molecule has 0 aliphatic rings. The minimum absolute atomic E-state index is 0.00762. The number of nitriles is 1. The molecule has 0 saturated heterocycles. The molecule has 0 unspecified atom stereocenters. The number of aromatic hydroxyl groups is 1. The number of carbonyl (C=O) groups is 1. The van der Waals surface area contributed by atoms with Crippen molar-refractivity contribution in [3.05, 3.63) is 75.1 Å². The van der Waals surface area contributed by atoms with Crippen LogP contribution < -0.4 is 5.56 Å². The Kier molecular flexibility index (Phi) is 4.47. The van der Waals surface area contributed by atoms with E-state index in [1.54, 1.807) is 31.2 Å². The van der Waals surface area contributed by atoms with Crippen molar-refractivity contribution in [2.75, 3.05) is 0 Å². The first-order valence-electron chi connectivity index (χ1n) is 7.01. The van der Waals surface area contributed by atoms with Crippen LogP contribution >= 0.6 is 0 Å². The first kappa shape index (κ1) is 16.2. The molecule has 5 heteroatoms. The Balaban J connectivity index is 2.82. The molecule has 0 radical (unpaired) electrons. The highest BCUT2D eigenvalue weighted by Crippen LogP contribution is 2.25. The highest BCUT2D eigenvalue weighted by atomic mass is 16.3. The largest absolute Gasteiger partial charge is 0.494 e. The maximum atomic E-state index is 12.8. The molecule has 0 aliphatic heterocycles. The van der Waals surface area contributed by atoms with Gasteiger partial charge in [-0.05, 0) is 25.0 Å². The molecule has 0 spiro atoms. The fraction of sp³-hybridized carbons (Fsp3) is 0.167. The standard InChI is InChI=1S/C18H16N2O3/c1-4-9-20-17(22)14(10-19)12(3)15(18(20)23)16(21)13-8-6-5-7-11(13)2/h4-8,23H,1,9H2,2-3H3. The monoisotopic (exact) mass is 308 g/mol. The van der Waals surface area contributed by atoms with Crippen LogP contribution in [0.25, 0.3) is 0 Å². The Labute approximate surface area is 133 Å². The topological polar surface area (TPSA) is 83.1 Å². The molecular formula is C18H16N2O3. The Morgan fingerprint density at radius 1 is 1.39 bits per heavy atom. The normalized spacial score (nSPS) is 10.1.